The van der Waals surface area contributed by atoms with Crippen LogP contribution in [0.5, 0.6) is 0 Å². The molecule has 0 aliphatic carbocycles. The summed E-state index contributed by atoms with van der Waals surface area (Å²) in [7, 11) is 0. The normalized spacial score (nSPS) is 10.6. The van der Waals surface area contributed by atoms with E-state index in [0.717, 1.165) is 35.7 Å². The Bertz CT molecular complexity index is 258. The van der Waals surface area contributed by atoms with Crippen molar-refractivity contribution in [1.29, 1.82) is 0 Å². The third-order valence-electron chi connectivity index (χ3n) is 1.78. The molecule has 0 saturated heterocycles. The lowest BCUT2D eigenvalue weighted by atomic mass is 10.3. The highest BCUT2D eigenvalue weighted by atomic mass is 32.2. The number of thioether (sulfide) groups is 1. The predicted octanol–water partition coefficient (Wildman–Crippen LogP) is 2.58. The first-order valence-corrected chi connectivity index (χ1v) is 6.72. The number of rotatable bonds is 5. The van der Waals surface area contributed by atoms with Crippen molar-refractivity contribution >= 4 is 28.1 Å². The lowest BCUT2D eigenvalue weighted by Gasteiger charge is -1.94. The Morgan fingerprint density at radius 1 is 1.46 bits per heavy atom. The molecule has 74 valence electrons. The maximum absolute atomic E-state index is 5.86. The average Bonchev–Trinajstić information content (AvgIpc) is 2.44. The van der Waals surface area contributed by atoms with Crippen LogP contribution in [0.15, 0.2) is 0 Å². The Hall–Kier alpha value is -0.220. The van der Waals surface area contributed by atoms with Gasteiger partial charge in [0.25, 0.3) is 0 Å². The van der Waals surface area contributed by atoms with E-state index in [1.807, 2.05) is 11.8 Å². The molecule has 13 heavy (non-hydrogen) atoms. The summed E-state index contributed by atoms with van der Waals surface area (Å²) in [6, 6.07) is 0. The molecule has 0 aliphatic rings. The summed E-state index contributed by atoms with van der Waals surface area (Å²) in [6.07, 6.45) is 5.33. The lowest BCUT2D eigenvalue weighted by Crippen LogP contribution is -1.93. The summed E-state index contributed by atoms with van der Waals surface area (Å²) < 4.78 is 0. The van der Waals surface area contributed by atoms with Crippen LogP contribution >= 0.6 is 23.1 Å². The van der Waals surface area contributed by atoms with Crippen molar-refractivity contribution in [3.05, 3.63) is 10.7 Å². The number of nitrogen functional groups attached to an aromatic ring is 1. The SMILES string of the molecule is CCCc1nc(CCSC)c(N)s1. The fourth-order valence-corrected chi connectivity index (χ4v) is 2.49. The van der Waals surface area contributed by atoms with Crippen molar-refractivity contribution in [2.45, 2.75) is 26.2 Å². The minimum atomic E-state index is 0.914. The molecule has 0 unspecified atom stereocenters. The van der Waals surface area contributed by atoms with Crippen LogP contribution in [0, 0.1) is 0 Å². The second-order valence-electron chi connectivity index (χ2n) is 2.91. The van der Waals surface area contributed by atoms with E-state index in [-0.39, 0.29) is 0 Å². The van der Waals surface area contributed by atoms with Crippen molar-refractivity contribution in [2.75, 3.05) is 17.7 Å². The van der Waals surface area contributed by atoms with E-state index in [2.05, 4.69) is 18.2 Å². The number of anilines is 1. The van der Waals surface area contributed by atoms with Gasteiger partial charge in [-0.25, -0.2) is 4.98 Å². The second-order valence-corrected chi connectivity index (χ2v) is 5.01. The molecule has 1 heterocycles. The zero-order valence-electron chi connectivity index (χ0n) is 8.17. The summed E-state index contributed by atoms with van der Waals surface area (Å²) in [5.74, 6) is 1.11. The fourth-order valence-electron chi connectivity index (χ4n) is 1.11. The van der Waals surface area contributed by atoms with Gasteiger partial charge in [-0.05, 0) is 24.9 Å². The molecule has 0 bridgehead atoms. The third-order valence-corrected chi connectivity index (χ3v) is 3.38. The first kappa shape index (κ1) is 10.9. The number of hydrogen-bond donors (Lipinski definition) is 1. The first-order valence-electron chi connectivity index (χ1n) is 4.51. The van der Waals surface area contributed by atoms with Gasteiger partial charge in [0.15, 0.2) is 0 Å². The molecule has 0 aliphatic heterocycles. The summed E-state index contributed by atoms with van der Waals surface area (Å²) in [4.78, 5) is 4.52. The zero-order chi connectivity index (χ0) is 9.68. The predicted molar refractivity (Wildman–Crippen MR) is 62.6 cm³/mol. The topological polar surface area (TPSA) is 38.9 Å². The van der Waals surface area contributed by atoms with E-state index < -0.39 is 0 Å². The lowest BCUT2D eigenvalue weighted by molar-refractivity contribution is 0.895. The molecular formula is C9H16N2S2. The van der Waals surface area contributed by atoms with E-state index >= 15 is 0 Å². The summed E-state index contributed by atoms with van der Waals surface area (Å²) >= 11 is 3.48. The molecule has 1 aromatic rings. The smallest absolute Gasteiger partial charge is 0.109 e. The van der Waals surface area contributed by atoms with Crippen LogP contribution in [0.4, 0.5) is 5.00 Å². The molecule has 0 saturated carbocycles. The highest BCUT2D eigenvalue weighted by Gasteiger charge is 2.06. The minimum Gasteiger partial charge on any atom is -0.389 e. The summed E-state index contributed by atoms with van der Waals surface area (Å²) in [5.41, 5.74) is 6.96. The molecule has 0 spiro atoms. The largest absolute Gasteiger partial charge is 0.389 e. The standard InChI is InChI=1S/C9H16N2S2/c1-3-4-8-11-7(5-6-12-2)9(10)13-8/h3-6,10H2,1-2H3. The number of nitrogens with zero attached hydrogens (tertiary/aromatic N) is 1. The molecule has 0 aromatic carbocycles. The van der Waals surface area contributed by atoms with Gasteiger partial charge in [0.05, 0.1) is 10.7 Å². The Labute approximate surface area is 87.9 Å². The average molecular weight is 216 g/mol. The van der Waals surface area contributed by atoms with Crippen LogP contribution < -0.4 is 5.73 Å². The van der Waals surface area contributed by atoms with Crippen molar-refractivity contribution in [3.8, 4) is 0 Å². The maximum atomic E-state index is 5.86. The van der Waals surface area contributed by atoms with E-state index in [4.69, 9.17) is 5.73 Å². The maximum Gasteiger partial charge on any atom is 0.109 e. The van der Waals surface area contributed by atoms with Gasteiger partial charge in [-0.1, -0.05) is 6.92 Å². The summed E-state index contributed by atoms with van der Waals surface area (Å²) in [6.45, 7) is 2.17. The second kappa shape index (κ2) is 5.50. The van der Waals surface area contributed by atoms with Gasteiger partial charge in [-0.3, -0.25) is 0 Å². The molecule has 2 nitrogen and oxygen atoms in total. The number of hydrogen-bond acceptors (Lipinski definition) is 4. The number of nitrogens with two attached hydrogens (primary N) is 1. The van der Waals surface area contributed by atoms with Crippen LogP contribution in [-0.4, -0.2) is 17.0 Å². The van der Waals surface area contributed by atoms with Gasteiger partial charge in [0.2, 0.25) is 0 Å². The van der Waals surface area contributed by atoms with Crippen LogP contribution in [0.1, 0.15) is 24.0 Å². The number of thiazole rings is 1. The minimum absolute atomic E-state index is 0.914. The van der Waals surface area contributed by atoms with Gasteiger partial charge in [-0.15, -0.1) is 11.3 Å². The summed E-state index contributed by atoms with van der Waals surface area (Å²) in [5, 5.41) is 2.11. The molecule has 2 N–H and O–H groups in total. The molecule has 0 amide bonds. The van der Waals surface area contributed by atoms with Gasteiger partial charge in [0, 0.05) is 6.42 Å². The van der Waals surface area contributed by atoms with Gasteiger partial charge in [-0.2, -0.15) is 11.8 Å². The molecule has 1 aromatic heterocycles. The first-order chi connectivity index (χ1) is 6.27. The Balaban J connectivity index is 2.60. The third kappa shape index (κ3) is 3.19. The highest BCUT2D eigenvalue weighted by molar-refractivity contribution is 7.98. The van der Waals surface area contributed by atoms with Gasteiger partial charge < -0.3 is 5.73 Å². The monoisotopic (exact) mass is 216 g/mol. The van der Waals surface area contributed by atoms with Crippen LogP contribution in [0.2, 0.25) is 0 Å². The van der Waals surface area contributed by atoms with Crippen molar-refractivity contribution < 1.29 is 0 Å². The van der Waals surface area contributed by atoms with Gasteiger partial charge >= 0.3 is 0 Å². The van der Waals surface area contributed by atoms with E-state index in [1.54, 1.807) is 11.3 Å². The molecular weight excluding hydrogens is 200 g/mol. The Morgan fingerprint density at radius 2 is 2.23 bits per heavy atom. The van der Waals surface area contributed by atoms with E-state index in [1.165, 1.54) is 5.01 Å². The number of aryl methyl sites for hydroxylation is 2. The number of aromatic nitrogens is 1. The molecule has 0 fully saturated rings. The van der Waals surface area contributed by atoms with Crippen molar-refractivity contribution in [2.24, 2.45) is 0 Å². The van der Waals surface area contributed by atoms with E-state index in [0.29, 0.717) is 0 Å². The Morgan fingerprint density at radius 3 is 2.85 bits per heavy atom. The van der Waals surface area contributed by atoms with Crippen LogP contribution in [0.25, 0.3) is 0 Å². The quantitative estimate of drug-likeness (QED) is 0.822. The van der Waals surface area contributed by atoms with Crippen molar-refractivity contribution in [3.63, 3.8) is 0 Å². The molecule has 4 heteroatoms. The zero-order valence-corrected chi connectivity index (χ0v) is 9.80. The van der Waals surface area contributed by atoms with Crippen molar-refractivity contribution in [1.82, 2.24) is 4.98 Å². The highest BCUT2D eigenvalue weighted by Crippen LogP contribution is 2.23. The fraction of sp³-hybridized carbons (Fsp3) is 0.667. The molecule has 0 atom stereocenters. The van der Waals surface area contributed by atoms with Gasteiger partial charge in [0.1, 0.15) is 5.00 Å². The molecule has 1 rings (SSSR count). The van der Waals surface area contributed by atoms with Crippen LogP contribution in [-0.2, 0) is 12.8 Å². The van der Waals surface area contributed by atoms with Crippen LogP contribution in [0.3, 0.4) is 0 Å². The Kier molecular flexibility index (Phi) is 4.59. The van der Waals surface area contributed by atoms with E-state index in [9.17, 15) is 0 Å². The molecule has 0 radical (unpaired) electrons.